The average Bonchev–Trinajstić information content (AvgIpc) is 3.68. The maximum absolute atomic E-state index is 5.09. The lowest BCUT2D eigenvalue weighted by molar-refractivity contribution is 1.18. The van der Waals surface area contributed by atoms with Crippen LogP contribution in [0.25, 0.3) is 83.6 Å². The topological polar surface area (TPSA) is 34.0 Å². The summed E-state index contributed by atoms with van der Waals surface area (Å²) >= 11 is 0. The number of rotatable bonds is 9. The average molecular weight is 835 g/mol. The smallest absolute Gasteiger partial charge is 0.160 e. The molecular formula is C61H46N4. The van der Waals surface area contributed by atoms with Crippen LogP contribution in [0.4, 0.5) is 17.1 Å². The second kappa shape index (κ2) is 16.7. The first-order valence-electron chi connectivity index (χ1n) is 22.2. The van der Waals surface area contributed by atoms with E-state index < -0.39 is 0 Å². The number of hydrogen-bond donors (Lipinski definition) is 0. The lowest BCUT2D eigenvalue weighted by Crippen LogP contribution is -2.09. The van der Waals surface area contributed by atoms with E-state index >= 15 is 0 Å². The fourth-order valence-electron chi connectivity index (χ4n) is 9.23. The first-order valence-corrected chi connectivity index (χ1v) is 22.2. The largest absolute Gasteiger partial charge is 0.310 e. The minimum Gasteiger partial charge on any atom is -0.310 e. The third kappa shape index (κ3) is 7.66. The highest BCUT2D eigenvalue weighted by atomic mass is 15.1. The molecule has 2 aromatic heterocycles. The van der Waals surface area contributed by atoms with Gasteiger partial charge in [0.1, 0.15) is 0 Å². The van der Waals surface area contributed by atoms with Crippen LogP contribution in [0.5, 0.6) is 0 Å². The molecule has 0 bridgehead atoms. The van der Waals surface area contributed by atoms with Gasteiger partial charge < -0.3 is 9.47 Å². The van der Waals surface area contributed by atoms with E-state index in [2.05, 4.69) is 255 Å². The van der Waals surface area contributed by atoms with Gasteiger partial charge in [-0.2, -0.15) is 0 Å². The van der Waals surface area contributed by atoms with Crippen LogP contribution in [0.15, 0.2) is 224 Å². The predicted octanol–water partition coefficient (Wildman–Crippen LogP) is 16.3. The summed E-state index contributed by atoms with van der Waals surface area (Å²) in [4.78, 5) is 12.5. The second-order valence-corrected chi connectivity index (χ2v) is 16.9. The fourth-order valence-corrected chi connectivity index (χ4v) is 9.23. The van der Waals surface area contributed by atoms with Crippen LogP contribution in [0, 0.1) is 20.8 Å². The first kappa shape index (κ1) is 39.5. The minimum absolute atomic E-state index is 0.727. The first-order chi connectivity index (χ1) is 31.9. The van der Waals surface area contributed by atoms with Crippen LogP contribution in [-0.4, -0.2) is 14.5 Å². The van der Waals surface area contributed by atoms with Crippen molar-refractivity contribution in [2.75, 3.05) is 4.90 Å². The van der Waals surface area contributed by atoms with Crippen LogP contribution in [0.1, 0.15) is 16.7 Å². The van der Waals surface area contributed by atoms with Gasteiger partial charge in [0, 0.05) is 50.2 Å². The molecule has 4 nitrogen and oxygen atoms in total. The molecule has 0 aliphatic carbocycles. The molecule has 11 rings (SSSR count). The van der Waals surface area contributed by atoms with E-state index in [-0.39, 0.29) is 0 Å². The van der Waals surface area contributed by atoms with Gasteiger partial charge in [0.15, 0.2) is 5.82 Å². The minimum atomic E-state index is 0.727. The standard InChI is InChI=1S/C61H46N4/c1-41-14-12-16-48(36-41)58-40-57(62-61(63-58)49-17-13-15-42(2)37-49)46-26-24-44(25-27-46)47-30-34-54(43(3)38-47)45-28-31-52(32-29-45)65-59-23-11-10-22-55(59)56-39-53(33-35-60(56)65)64(50-18-6-4-7-19-50)51-20-8-5-9-21-51/h4-40H,1-3H3. The molecule has 310 valence electrons. The van der Waals surface area contributed by atoms with Gasteiger partial charge in [-0.25, -0.2) is 9.97 Å². The highest BCUT2D eigenvalue weighted by Gasteiger charge is 2.18. The fraction of sp³-hybridized carbons (Fsp3) is 0.0492. The Morgan fingerprint density at radius 3 is 1.60 bits per heavy atom. The Kier molecular flexibility index (Phi) is 10.2. The lowest BCUT2D eigenvalue weighted by atomic mass is 9.95. The Morgan fingerprint density at radius 2 is 0.923 bits per heavy atom. The van der Waals surface area contributed by atoms with E-state index in [9.17, 15) is 0 Å². The third-order valence-electron chi connectivity index (χ3n) is 12.4. The van der Waals surface area contributed by atoms with E-state index in [0.717, 1.165) is 62.2 Å². The monoisotopic (exact) mass is 834 g/mol. The lowest BCUT2D eigenvalue weighted by Gasteiger charge is -2.25. The van der Waals surface area contributed by atoms with Gasteiger partial charge in [0.2, 0.25) is 0 Å². The summed E-state index contributed by atoms with van der Waals surface area (Å²) in [5.41, 5.74) is 20.2. The molecule has 0 unspecified atom stereocenters. The van der Waals surface area contributed by atoms with Gasteiger partial charge in [0.25, 0.3) is 0 Å². The Morgan fingerprint density at radius 1 is 0.354 bits per heavy atom. The van der Waals surface area contributed by atoms with Crippen molar-refractivity contribution < 1.29 is 0 Å². The molecule has 11 aromatic rings. The van der Waals surface area contributed by atoms with Crippen molar-refractivity contribution in [3.63, 3.8) is 0 Å². The molecule has 0 saturated carbocycles. The molecule has 65 heavy (non-hydrogen) atoms. The molecule has 0 aliphatic rings. The zero-order valence-corrected chi connectivity index (χ0v) is 36.7. The summed E-state index contributed by atoms with van der Waals surface area (Å²) in [5.74, 6) is 0.727. The van der Waals surface area contributed by atoms with Crippen molar-refractivity contribution >= 4 is 38.9 Å². The Labute approximate surface area is 380 Å². The number of aryl methyl sites for hydroxylation is 3. The van der Waals surface area contributed by atoms with Gasteiger partial charge >= 0.3 is 0 Å². The van der Waals surface area contributed by atoms with E-state index in [1.807, 2.05) is 0 Å². The van der Waals surface area contributed by atoms with Gasteiger partial charge in [-0.3, -0.25) is 0 Å². The molecular weight excluding hydrogens is 789 g/mol. The van der Waals surface area contributed by atoms with Crippen LogP contribution < -0.4 is 4.90 Å². The summed E-state index contributed by atoms with van der Waals surface area (Å²) in [5, 5.41) is 2.44. The normalized spacial score (nSPS) is 11.3. The Hall–Kier alpha value is -8.34. The molecule has 0 radical (unpaired) electrons. The van der Waals surface area contributed by atoms with Crippen molar-refractivity contribution in [2.45, 2.75) is 20.8 Å². The predicted molar refractivity (Wildman–Crippen MR) is 272 cm³/mol. The molecule has 0 fully saturated rings. The second-order valence-electron chi connectivity index (χ2n) is 16.9. The van der Waals surface area contributed by atoms with Crippen LogP contribution in [-0.2, 0) is 0 Å². The van der Waals surface area contributed by atoms with Crippen LogP contribution in [0.3, 0.4) is 0 Å². The Balaban J connectivity index is 0.888. The van der Waals surface area contributed by atoms with Crippen molar-refractivity contribution in [3.05, 3.63) is 241 Å². The summed E-state index contributed by atoms with van der Waals surface area (Å²) in [7, 11) is 0. The van der Waals surface area contributed by atoms with E-state index in [4.69, 9.17) is 9.97 Å². The summed E-state index contributed by atoms with van der Waals surface area (Å²) in [6, 6.07) is 80.4. The van der Waals surface area contributed by atoms with Crippen molar-refractivity contribution in [2.24, 2.45) is 0 Å². The van der Waals surface area contributed by atoms with Gasteiger partial charge in [-0.15, -0.1) is 0 Å². The maximum atomic E-state index is 5.09. The number of hydrogen-bond acceptors (Lipinski definition) is 3. The molecule has 0 amide bonds. The number of benzene rings is 9. The van der Waals surface area contributed by atoms with Crippen molar-refractivity contribution in [1.29, 1.82) is 0 Å². The van der Waals surface area contributed by atoms with Crippen molar-refractivity contribution in [3.8, 4) is 61.8 Å². The summed E-state index contributed by atoms with van der Waals surface area (Å²) < 4.78 is 2.39. The highest BCUT2D eigenvalue weighted by Crippen LogP contribution is 2.40. The zero-order valence-electron chi connectivity index (χ0n) is 36.7. The van der Waals surface area contributed by atoms with E-state index in [1.165, 1.54) is 55.2 Å². The highest BCUT2D eigenvalue weighted by molar-refractivity contribution is 6.10. The SMILES string of the molecule is Cc1cccc(-c2cc(-c3ccc(-c4ccc(-c5ccc(-n6c7ccccc7c7cc(N(c8ccccc8)c8ccccc8)ccc76)cc5)c(C)c4)cc3)nc(-c3cccc(C)c3)n2)c1. The van der Waals surface area contributed by atoms with E-state index in [0.29, 0.717) is 0 Å². The summed E-state index contributed by atoms with van der Waals surface area (Å²) in [6.45, 7) is 6.43. The zero-order chi connectivity index (χ0) is 43.9. The van der Waals surface area contributed by atoms with Gasteiger partial charge in [0.05, 0.1) is 22.4 Å². The molecule has 0 atom stereocenters. The number of anilines is 3. The maximum Gasteiger partial charge on any atom is 0.160 e. The van der Waals surface area contributed by atoms with Gasteiger partial charge in [-0.1, -0.05) is 157 Å². The van der Waals surface area contributed by atoms with Crippen LogP contribution >= 0.6 is 0 Å². The summed E-state index contributed by atoms with van der Waals surface area (Å²) in [6.07, 6.45) is 0. The van der Waals surface area contributed by atoms with Crippen LogP contribution in [0.2, 0.25) is 0 Å². The molecule has 2 heterocycles. The molecule has 4 heteroatoms. The van der Waals surface area contributed by atoms with E-state index in [1.54, 1.807) is 0 Å². The number of nitrogens with zero attached hydrogens (tertiary/aromatic N) is 4. The number of aromatic nitrogens is 3. The molecule has 0 saturated heterocycles. The molecule has 9 aromatic carbocycles. The van der Waals surface area contributed by atoms with Crippen molar-refractivity contribution in [1.82, 2.24) is 14.5 Å². The number of para-hydroxylation sites is 3. The molecule has 0 aliphatic heterocycles. The molecule has 0 N–H and O–H groups in total. The third-order valence-corrected chi connectivity index (χ3v) is 12.4. The quantitative estimate of drug-likeness (QED) is 0.145. The van der Waals surface area contributed by atoms with Gasteiger partial charge in [-0.05, 0) is 127 Å². The number of fused-ring (bicyclic) bond motifs is 3. The molecule has 0 spiro atoms. The Bertz CT molecular complexity index is 3390.